The van der Waals surface area contributed by atoms with Crippen molar-refractivity contribution in [2.75, 3.05) is 13.1 Å². The molecule has 2 atom stereocenters. The number of hydrogen-bond donors (Lipinski definition) is 1. The second-order valence-electron chi connectivity index (χ2n) is 6.02. The Bertz CT molecular complexity index is 795. The Morgan fingerprint density at radius 1 is 1.40 bits per heavy atom. The fourth-order valence-electron chi connectivity index (χ4n) is 3.05. The molecule has 1 N–H and O–H groups in total. The molecule has 1 aromatic carbocycles. The largest absolute Gasteiger partial charge is 0.485 e. The van der Waals surface area contributed by atoms with Crippen molar-refractivity contribution in [2.24, 2.45) is 5.92 Å². The van der Waals surface area contributed by atoms with Crippen LogP contribution in [0.25, 0.3) is 0 Å². The van der Waals surface area contributed by atoms with Crippen molar-refractivity contribution in [3.8, 4) is 5.75 Å². The Hall–Kier alpha value is -1.69. The van der Waals surface area contributed by atoms with Crippen LogP contribution < -0.4 is 10.1 Å². The molecule has 25 heavy (non-hydrogen) atoms. The minimum atomic E-state index is -0.450. The van der Waals surface area contributed by atoms with Gasteiger partial charge in [-0.05, 0) is 38.1 Å². The van der Waals surface area contributed by atoms with Crippen LogP contribution in [0.3, 0.4) is 0 Å². The third-order valence-corrected chi connectivity index (χ3v) is 5.05. The number of aromatic nitrogens is 1. The average molecular weight is 383 g/mol. The molecular formula is C18H17Cl2FN2O2. The number of benzene rings is 1. The lowest BCUT2D eigenvalue weighted by Crippen LogP contribution is -2.22. The highest BCUT2D eigenvalue weighted by Gasteiger charge is 2.30. The summed E-state index contributed by atoms with van der Waals surface area (Å²) in [5.74, 6) is -0.220. The molecule has 1 aliphatic heterocycles. The van der Waals surface area contributed by atoms with Crippen molar-refractivity contribution in [3.63, 3.8) is 0 Å². The molecule has 4 nitrogen and oxygen atoms in total. The van der Waals surface area contributed by atoms with E-state index >= 15 is 0 Å². The number of ether oxygens (including phenoxy) is 1. The van der Waals surface area contributed by atoms with Crippen LogP contribution >= 0.6 is 23.2 Å². The van der Waals surface area contributed by atoms with E-state index in [4.69, 9.17) is 27.9 Å². The molecule has 0 amide bonds. The van der Waals surface area contributed by atoms with Gasteiger partial charge in [-0.1, -0.05) is 23.2 Å². The zero-order valence-corrected chi connectivity index (χ0v) is 15.1. The minimum absolute atomic E-state index is 0.123. The third kappa shape index (κ3) is 3.94. The number of carbonyl (C=O) groups is 1. The molecule has 1 fully saturated rings. The number of carbonyl (C=O) groups excluding carboxylic acids is 1. The number of nitrogens with zero attached hydrogens (tertiary/aromatic N) is 1. The lowest BCUT2D eigenvalue weighted by Gasteiger charge is -2.26. The van der Waals surface area contributed by atoms with E-state index in [1.165, 1.54) is 13.0 Å². The predicted molar refractivity (Wildman–Crippen MR) is 95.0 cm³/mol. The first-order valence-electron chi connectivity index (χ1n) is 7.94. The van der Waals surface area contributed by atoms with E-state index in [9.17, 15) is 9.18 Å². The highest BCUT2D eigenvalue weighted by Crippen LogP contribution is 2.38. The Balaban J connectivity index is 2.01. The highest BCUT2D eigenvalue weighted by atomic mass is 35.5. The fraction of sp³-hybridized carbons (Fsp3) is 0.333. The molecule has 2 aromatic rings. The van der Waals surface area contributed by atoms with Crippen LogP contribution in [-0.2, 0) is 0 Å². The summed E-state index contributed by atoms with van der Waals surface area (Å²) in [7, 11) is 0. The van der Waals surface area contributed by atoms with Gasteiger partial charge in [0.15, 0.2) is 5.78 Å². The van der Waals surface area contributed by atoms with E-state index in [-0.39, 0.29) is 27.3 Å². The first-order chi connectivity index (χ1) is 12.0. The SMILES string of the molecule is CC(=O)c1c(O[C@H](c2cncc(F)c2)C2CCNC2)ccc(Cl)c1Cl. The molecule has 1 saturated heterocycles. The van der Waals surface area contributed by atoms with Gasteiger partial charge in [-0.15, -0.1) is 0 Å². The van der Waals surface area contributed by atoms with Crippen molar-refractivity contribution in [1.82, 2.24) is 10.3 Å². The van der Waals surface area contributed by atoms with E-state index < -0.39 is 11.9 Å². The second-order valence-corrected chi connectivity index (χ2v) is 6.80. The quantitative estimate of drug-likeness (QED) is 0.775. The predicted octanol–water partition coefficient (Wildman–Crippen LogP) is 4.46. The smallest absolute Gasteiger partial charge is 0.165 e. The van der Waals surface area contributed by atoms with Crippen molar-refractivity contribution in [3.05, 3.63) is 57.6 Å². The standard InChI is InChI=1S/C18H17Cl2FN2O2/c1-10(24)16-15(3-2-14(19)17(16)20)25-18(11-4-5-22-7-11)12-6-13(21)9-23-8-12/h2-3,6,8-9,11,18,22H,4-5,7H2,1H3/t11?,18-/m0/s1. The summed E-state index contributed by atoms with van der Waals surface area (Å²) >= 11 is 12.2. The molecule has 2 heterocycles. The Labute approximate surface area is 155 Å². The van der Waals surface area contributed by atoms with Gasteiger partial charge >= 0.3 is 0 Å². The summed E-state index contributed by atoms with van der Waals surface area (Å²) in [4.78, 5) is 15.9. The monoisotopic (exact) mass is 382 g/mol. The number of halogens is 3. The lowest BCUT2D eigenvalue weighted by molar-refractivity contribution is 0.0997. The maximum absolute atomic E-state index is 13.7. The molecule has 0 radical (unpaired) electrons. The van der Waals surface area contributed by atoms with Crippen LogP contribution in [0.1, 0.15) is 35.4 Å². The van der Waals surface area contributed by atoms with Gasteiger partial charge < -0.3 is 10.1 Å². The van der Waals surface area contributed by atoms with Gasteiger partial charge in [0.1, 0.15) is 17.7 Å². The van der Waals surface area contributed by atoms with E-state index in [1.54, 1.807) is 18.3 Å². The van der Waals surface area contributed by atoms with Crippen LogP contribution in [0.2, 0.25) is 10.0 Å². The van der Waals surface area contributed by atoms with Crippen LogP contribution in [0.5, 0.6) is 5.75 Å². The van der Waals surface area contributed by atoms with Gasteiger partial charge in [0.05, 0.1) is 21.8 Å². The van der Waals surface area contributed by atoms with Crippen LogP contribution in [0.15, 0.2) is 30.6 Å². The van der Waals surface area contributed by atoms with Crippen molar-refractivity contribution in [1.29, 1.82) is 0 Å². The van der Waals surface area contributed by atoms with Gasteiger partial charge in [-0.3, -0.25) is 9.78 Å². The van der Waals surface area contributed by atoms with E-state index in [0.29, 0.717) is 11.3 Å². The van der Waals surface area contributed by atoms with E-state index in [0.717, 1.165) is 25.7 Å². The molecule has 0 bridgehead atoms. The zero-order chi connectivity index (χ0) is 18.0. The molecule has 3 rings (SSSR count). The molecule has 7 heteroatoms. The van der Waals surface area contributed by atoms with Gasteiger partial charge in [0.25, 0.3) is 0 Å². The van der Waals surface area contributed by atoms with Gasteiger partial charge in [-0.25, -0.2) is 4.39 Å². The number of rotatable bonds is 5. The lowest BCUT2D eigenvalue weighted by atomic mass is 9.95. The maximum atomic E-state index is 13.7. The molecule has 1 aliphatic rings. The van der Waals surface area contributed by atoms with Gasteiger partial charge in [0.2, 0.25) is 0 Å². The van der Waals surface area contributed by atoms with E-state index in [2.05, 4.69) is 10.3 Å². The molecule has 0 saturated carbocycles. The third-order valence-electron chi connectivity index (χ3n) is 4.24. The van der Waals surface area contributed by atoms with Crippen LogP contribution in [-0.4, -0.2) is 23.9 Å². The fourth-order valence-corrected chi connectivity index (χ4v) is 3.50. The van der Waals surface area contributed by atoms with Crippen LogP contribution in [0, 0.1) is 11.7 Å². The summed E-state index contributed by atoms with van der Waals surface area (Å²) in [6.07, 6.45) is 3.15. The first kappa shape index (κ1) is 18.1. The van der Waals surface area contributed by atoms with Gasteiger partial charge in [0, 0.05) is 24.2 Å². The number of nitrogens with one attached hydrogen (secondary N) is 1. The Kier molecular flexibility index (Phi) is 5.57. The summed E-state index contributed by atoms with van der Waals surface area (Å²) in [6, 6.07) is 4.60. The maximum Gasteiger partial charge on any atom is 0.165 e. The molecule has 1 unspecified atom stereocenters. The number of hydrogen-bond acceptors (Lipinski definition) is 4. The van der Waals surface area contributed by atoms with E-state index in [1.807, 2.05) is 0 Å². The molecular weight excluding hydrogens is 366 g/mol. The zero-order valence-electron chi connectivity index (χ0n) is 13.6. The molecule has 0 aliphatic carbocycles. The summed E-state index contributed by atoms with van der Waals surface area (Å²) in [6.45, 7) is 2.99. The number of ketones is 1. The Morgan fingerprint density at radius 3 is 2.84 bits per heavy atom. The molecule has 132 valence electrons. The number of pyridine rings is 1. The molecule has 1 aromatic heterocycles. The topological polar surface area (TPSA) is 51.2 Å². The van der Waals surface area contributed by atoms with Crippen molar-refractivity contribution in [2.45, 2.75) is 19.4 Å². The summed E-state index contributed by atoms with van der Waals surface area (Å²) in [5.41, 5.74) is 0.851. The highest BCUT2D eigenvalue weighted by molar-refractivity contribution is 6.44. The normalized spacial score (nSPS) is 18.2. The number of Topliss-reactive ketones (excluding diaryl/α,β-unsaturated/α-hetero) is 1. The van der Waals surface area contributed by atoms with Gasteiger partial charge in [-0.2, -0.15) is 0 Å². The summed E-state index contributed by atoms with van der Waals surface area (Å²) in [5, 5.41) is 3.72. The summed E-state index contributed by atoms with van der Waals surface area (Å²) < 4.78 is 19.8. The first-order valence-corrected chi connectivity index (χ1v) is 8.69. The van der Waals surface area contributed by atoms with Crippen molar-refractivity contribution >= 4 is 29.0 Å². The molecule has 0 spiro atoms. The van der Waals surface area contributed by atoms with Crippen molar-refractivity contribution < 1.29 is 13.9 Å². The average Bonchev–Trinajstić information content (AvgIpc) is 3.09. The Morgan fingerprint density at radius 2 is 2.20 bits per heavy atom. The van der Waals surface area contributed by atoms with Crippen LogP contribution in [0.4, 0.5) is 4.39 Å². The minimum Gasteiger partial charge on any atom is -0.485 e. The second kappa shape index (κ2) is 7.68.